The lowest BCUT2D eigenvalue weighted by atomic mass is 10.2. The average molecular weight is 293 g/mol. The Hall–Kier alpha value is -1.27. The molecule has 0 spiro atoms. The summed E-state index contributed by atoms with van der Waals surface area (Å²) in [7, 11) is 0. The molecule has 0 unspecified atom stereocenters. The van der Waals surface area contributed by atoms with Crippen molar-refractivity contribution in [3.63, 3.8) is 0 Å². The number of rotatable bonds is 1. The molecule has 1 aromatic carbocycles. The summed E-state index contributed by atoms with van der Waals surface area (Å²) in [5.74, 6) is 0.876. The number of thiocarbonyl (C=S) groups is 1. The maximum Gasteiger partial charge on any atom is 0.323 e. The molecular formula is C13H15N3OS2. The first kappa shape index (κ1) is 12.7. The Morgan fingerprint density at radius 3 is 2.89 bits per heavy atom. The lowest BCUT2D eigenvalue weighted by Gasteiger charge is -2.39. The van der Waals surface area contributed by atoms with Crippen LogP contribution in [0.4, 0.5) is 10.5 Å². The molecule has 6 heteroatoms. The third-order valence-electron chi connectivity index (χ3n) is 3.39. The molecule has 0 saturated carbocycles. The third-order valence-corrected chi connectivity index (χ3v) is 4.93. The number of anilines is 1. The van der Waals surface area contributed by atoms with Crippen LogP contribution in [0.5, 0.6) is 0 Å². The number of amides is 2. The summed E-state index contributed by atoms with van der Waals surface area (Å²) in [6.07, 6.45) is 1.09. The van der Waals surface area contributed by atoms with Gasteiger partial charge in [-0.05, 0) is 18.6 Å². The largest absolute Gasteiger partial charge is 0.336 e. The van der Waals surface area contributed by atoms with Crippen LogP contribution >= 0.6 is 24.0 Å². The van der Waals surface area contributed by atoms with E-state index in [-0.39, 0.29) is 12.2 Å². The van der Waals surface area contributed by atoms with Crippen LogP contribution in [0, 0.1) is 0 Å². The van der Waals surface area contributed by atoms with Gasteiger partial charge >= 0.3 is 6.03 Å². The number of nitrogens with one attached hydrogen (secondary N) is 1. The lowest BCUT2D eigenvalue weighted by Crippen LogP contribution is -2.55. The number of urea groups is 1. The highest BCUT2D eigenvalue weighted by Crippen LogP contribution is 2.30. The minimum Gasteiger partial charge on any atom is -0.336 e. The van der Waals surface area contributed by atoms with Crippen molar-refractivity contribution in [2.45, 2.75) is 12.6 Å². The van der Waals surface area contributed by atoms with E-state index in [2.05, 4.69) is 10.2 Å². The number of thioether (sulfide) groups is 1. The maximum atomic E-state index is 12.4. The van der Waals surface area contributed by atoms with Crippen molar-refractivity contribution in [2.75, 3.05) is 24.2 Å². The fourth-order valence-electron chi connectivity index (χ4n) is 2.45. The first-order valence-corrected chi connectivity index (χ1v) is 7.71. The normalized spacial score (nSPS) is 22.3. The zero-order valence-corrected chi connectivity index (χ0v) is 12.0. The summed E-state index contributed by atoms with van der Waals surface area (Å²) in [4.78, 5) is 16.4. The van der Waals surface area contributed by atoms with Gasteiger partial charge in [-0.1, -0.05) is 42.2 Å². The van der Waals surface area contributed by atoms with Gasteiger partial charge in [0.25, 0.3) is 0 Å². The Labute approximate surface area is 122 Å². The van der Waals surface area contributed by atoms with E-state index in [1.54, 1.807) is 11.8 Å². The number of carbonyl (C=O) groups excluding carboxylic acids is 1. The van der Waals surface area contributed by atoms with Crippen LogP contribution in [0.1, 0.15) is 6.42 Å². The van der Waals surface area contributed by atoms with Crippen LogP contribution in [0.15, 0.2) is 30.3 Å². The van der Waals surface area contributed by atoms with Crippen molar-refractivity contribution in [2.24, 2.45) is 0 Å². The van der Waals surface area contributed by atoms with Gasteiger partial charge in [0.1, 0.15) is 10.5 Å². The van der Waals surface area contributed by atoms with E-state index in [1.165, 1.54) is 0 Å². The number of para-hydroxylation sites is 1. The van der Waals surface area contributed by atoms with Gasteiger partial charge in [0.05, 0.1) is 0 Å². The summed E-state index contributed by atoms with van der Waals surface area (Å²) in [6, 6.07) is 9.52. The van der Waals surface area contributed by atoms with Gasteiger partial charge in [0.15, 0.2) is 0 Å². The molecule has 0 aromatic heterocycles. The predicted molar refractivity (Wildman–Crippen MR) is 82.3 cm³/mol. The van der Waals surface area contributed by atoms with Crippen molar-refractivity contribution < 1.29 is 4.79 Å². The van der Waals surface area contributed by atoms with Crippen molar-refractivity contribution >= 4 is 40.0 Å². The fraction of sp³-hybridized carbons (Fsp3) is 0.385. The van der Waals surface area contributed by atoms with Crippen molar-refractivity contribution in [3.8, 4) is 0 Å². The van der Waals surface area contributed by atoms with Crippen LogP contribution in [-0.2, 0) is 0 Å². The first-order valence-electron chi connectivity index (χ1n) is 6.32. The Balaban J connectivity index is 1.71. The van der Waals surface area contributed by atoms with Crippen molar-refractivity contribution in [1.29, 1.82) is 0 Å². The van der Waals surface area contributed by atoms with Gasteiger partial charge in [-0.3, -0.25) is 0 Å². The van der Waals surface area contributed by atoms with Crippen LogP contribution in [0.25, 0.3) is 0 Å². The molecule has 2 aliphatic heterocycles. The summed E-state index contributed by atoms with van der Waals surface area (Å²) >= 11 is 6.98. The molecule has 1 aromatic rings. The standard InChI is InChI=1S/C13H15N3OS2/c17-12(14-10-5-2-1-3-6-10)15-7-4-8-16-11(15)9-19-13(16)18/h1-3,5-6,11H,4,7-9H2,(H,14,17)/t11-/m1/s1. The topological polar surface area (TPSA) is 35.6 Å². The molecule has 4 nitrogen and oxygen atoms in total. The minimum atomic E-state index is -0.0359. The lowest BCUT2D eigenvalue weighted by molar-refractivity contribution is 0.107. The van der Waals surface area contributed by atoms with Crippen molar-refractivity contribution in [3.05, 3.63) is 30.3 Å². The van der Waals surface area contributed by atoms with E-state index in [1.807, 2.05) is 35.2 Å². The van der Waals surface area contributed by atoms with Gasteiger partial charge in [0, 0.05) is 24.5 Å². The molecular weight excluding hydrogens is 278 g/mol. The summed E-state index contributed by atoms with van der Waals surface area (Å²) in [5, 5.41) is 2.95. The van der Waals surface area contributed by atoms with E-state index in [4.69, 9.17) is 12.2 Å². The molecule has 2 saturated heterocycles. The van der Waals surface area contributed by atoms with E-state index < -0.39 is 0 Å². The molecule has 1 atom stereocenters. The Morgan fingerprint density at radius 2 is 2.11 bits per heavy atom. The molecule has 0 radical (unpaired) electrons. The number of hydrogen-bond acceptors (Lipinski definition) is 3. The molecule has 1 N–H and O–H groups in total. The predicted octanol–water partition coefficient (Wildman–Crippen LogP) is 2.58. The van der Waals surface area contributed by atoms with E-state index in [0.29, 0.717) is 0 Å². The van der Waals surface area contributed by atoms with Crippen molar-refractivity contribution in [1.82, 2.24) is 9.80 Å². The number of carbonyl (C=O) groups is 1. The molecule has 0 bridgehead atoms. The second kappa shape index (κ2) is 5.38. The molecule has 2 aliphatic rings. The Bertz CT molecular complexity index is 494. The zero-order chi connectivity index (χ0) is 13.2. The zero-order valence-electron chi connectivity index (χ0n) is 10.4. The number of hydrogen-bond donors (Lipinski definition) is 1. The molecule has 19 heavy (non-hydrogen) atoms. The summed E-state index contributed by atoms with van der Waals surface area (Å²) in [6.45, 7) is 1.76. The van der Waals surface area contributed by atoms with E-state index >= 15 is 0 Å². The summed E-state index contributed by atoms with van der Waals surface area (Å²) in [5.41, 5.74) is 0.831. The number of benzene rings is 1. The number of nitrogens with zero attached hydrogens (tertiary/aromatic N) is 2. The fourth-order valence-corrected chi connectivity index (χ4v) is 3.90. The van der Waals surface area contributed by atoms with Gasteiger partial charge < -0.3 is 15.1 Å². The maximum absolute atomic E-state index is 12.4. The molecule has 100 valence electrons. The second-order valence-corrected chi connectivity index (χ2v) is 6.25. The van der Waals surface area contributed by atoms with Gasteiger partial charge in [-0.25, -0.2) is 4.79 Å². The van der Waals surface area contributed by atoms with Crippen LogP contribution in [0.2, 0.25) is 0 Å². The molecule has 3 rings (SSSR count). The van der Waals surface area contributed by atoms with Gasteiger partial charge in [-0.15, -0.1) is 0 Å². The van der Waals surface area contributed by atoms with Crippen LogP contribution in [-0.4, -0.2) is 45.2 Å². The third kappa shape index (κ3) is 2.55. The molecule has 2 heterocycles. The van der Waals surface area contributed by atoms with E-state index in [9.17, 15) is 4.79 Å². The molecule has 2 fully saturated rings. The highest BCUT2D eigenvalue weighted by atomic mass is 32.2. The first-order chi connectivity index (χ1) is 9.25. The van der Waals surface area contributed by atoms with Crippen LogP contribution in [0.3, 0.4) is 0 Å². The highest BCUT2D eigenvalue weighted by Gasteiger charge is 2.38. The quantitative estimate of drug-likeness (QED) is 0.807. The monoisotopic (exact) mass is 293 g/mol. The molecule has 2 amide bonds. The second-order valence-electron chi connectivity index (χ2n) is 4.59. The Morgan fingerprint density at radius 1 is 1.32 bits per heavy atom. The average Bonchev–Trinajstić information content (AvgIpc) is 2.82. The van der Waals surface area contributed by atoms with E-state index in [0.717, 1.165) is 35.3 Å². The SMILES string of the molecule is O=C(Nc1ccccc1)N1CCCN2C(=S)SC[C@H]12. The number of fused-ring (bicyclic) bond motifs is 1. The smallest absolute Gasteiger partial charge is 0.323 e. The highest BCUT2D eigenvalue weighted by molar-refractivity contribution is 8.23. The summed E-state index contributed by atoms with van der Waals surface area (Å²) < 4.78 is 0.919. The van der Waals surface area contributed by atoms with Gasteiger partial charge in [-0.2, -0.15) is 0 Å². The van der Waals surface area contributed by atoms with Gasteiger partial charge in [0.2, 0.25) is 0 Å². The minimum absolute atomic E-state index is 0.0359. The Kier molecular flexibility index (Phi) is 3.61. The van der Waals surface area contributed by atoms with Crippen LogP contribution < -0.4 is 5.32 Å². The molecule has 0 aliphatic carbocycles.